The van der Waals surface area contributed by atoms with Gasteiger partial charge in [-0.1, -0.05) is 60.1 Å². The summed E-state index contributed by atoms with van der Waals surface area (Å²) >= 11 is 6.12. The van der Waals surface area contributed by atoms with E-state index in [2.05, 4.69) is 10.0 Å². The zero-order chi connectivity index (χ0) is 24.7. The number of carbonyl (C=O) groups is 1. The van der Waals surface area contributed by atoms with Gasteiger partial charge in [0.1, 0.15) is 17.5 Å². The summed E-state index contributed by atoms with van der Waals surface area (Å²) in [6, 6.07) is 19.2. The largest absolute Gasteiger partial charge is 0.496 e. The van der Waals surface area contributed by atoms with Gasteiger partial charge in [0.15, 0.2) is 0 Å². The third-order valence-electron chi connectivity index (χ3n) is 5.29. The van der Waals surface area contributed by atoms with Gasteiger partial charge in [-0.25, -0.2) is 8.42 Å². The van der Waals surface area contributed by atoms with Gasteiger partial charge < -0.3 is 14.8 Å². The molecule has 0 bridgehead atoms. The first kappa shape index (κ1) is 25.6. The van der Waals surface area contributed by atoms with E-state index in [1.54, 1.807) is 13.2 Å². The SMILES string of the molecule is COc1ccc(S(=O)(=O)N[C@H](Cc2ccccc2)C(=O)N[C@@H](C)c2ccccc2OC)cc1Cl. The molecule has 0 aliphatic rings. The number of sulfonamides is 1. The van der Waals surface area contributed by atoms with Crippen LogP contribution in [-0.2, 0) is 21.2 Å². The fourth-order valence-electron chi connectivity index (χ4n) is 3.52. The average molecular weight is 503 g/mol. The van der Waals surface area contributed by atoms with Crippen molar-refractivity contribution in [3.63, 3.8) is 0 Å². The summed E-state index contributed by atoms with van der Waals surface area (Å²) in [7, 11) is -1.06. The number of amides is 1. The number of hydrogen-bond donors (Lipinski definition) is 2. The van der Waals surface area contributed by atoms with Crippen molar-refractivity contribution in [2.24, 2.45) is 0 Å². The third-order valence-corrected chi connectivity index (χ3v) is 7.06. The van der Waals surface area contributed by atoms with Crippen LogP contribution < -0.4 is 19.5 Å². The first-order valence-corrected chi connectivity index (χ1v) is 12.4. The molecule has 2 atom stereocenters. The summed E-state index contributed by atoms with van der Waals surface area (Å²) in [5, 5.41) is 3.06. The van der Waals surface area contributed by atoms with Gasteiger partial charge in [0, 0.05) is 5.56 Å². The quantitative estimate of drug-likeness (QED) is 0.435. The monoisotopic (exact) mass is 502 g/mol. The van der Waals surface area contributed by atoms with Crippen LogP contribution in [0.1, 0.15) is 24.1 Å². The van der Waals surface area contributed by atoms with E-state index in [1.807, 2.05) is 55.5 Å². The number of halogens is 1. The number of benzene rings is 3. The Hall–Kier alpha value is -3.07. The summed E-state index contributed by atoms with van der Waals surface area (Å²) < 4.78 is 39.3. The molecule has 1 amide bonds. The number of nitrogens with one attached hydrogen (secondary N) is 2. The maximum atomic E-state index is 13.3. The molecular weight excluding hydrogens is 476 g/mol. The molecule has 9 heteroatoms. The van der Waals surface area contributed by atoms with Gasteiger partial charge in [-0.3, -0.25) is 4.79 Å². The molecular formula is C25H27ClN2O5S. The third kappa shape index (κ3) is 6.28. The van der Waals surface area contributed by atoms with Crippen molar-refractivity contribution in [3.8, 4) is 11.5 Å². The molecule has 0 spiro atoms. The zero-order valence-electron chi connectivity index (χ0n) is 19.1. The molecule has 0 aliphatic carbocycles. The van der Waals surface area contributed by atoms with Crippen LogP contribution in [0.15, 0.2) is 77.7 Å². The van der Waals surface area contributed by atoms with Crippen LogP contribution in [0.3, 0.4) is 0 Å². The van der Waals surface area contributed by atoms with Gasteiger partial charge in [-0.15, -0.1) is 0 Å². The number of rotatable bonds is 10. The second-order valence-electron chi connectivity index (χ2n) is 7.63. The van der Waals surface area contributed by atoms with E-state index in [1.165, 1.54) is 25.3 Å². The molecule has 0 saturated carbocycles. The van der Waals surface area contributed by atoms with Gasteiger partial charge in [0.05, 0.1) is 30.2 Å². The van der Waals surface area contributed by atoms with Crippen LogP contribution in [0.4, 0.5) is 0 Å². The highest BCUT2D eigenvalue weighted by atomic mass is 35.5. The van der Waals surface area contributed by atoms with Crippen molar-refractivity contribution >= 4 is 27.5 Å². The lowest BCUT2D eigenvalue weighted by molar-refractivity contribution is -0.123. The lowest BCUT2D eigenvalue weighted by Crippen LogP contribution is -2.48. The predicted molar refractivity (Wildman–Crippen MR) is 132 cm³/mol. The Bertz CT molecular complexity index is 1240. The number of hydrogen-bond acceptors (Lipinski definition) is 5. The maximum absolute atomic E-state index is 13.3. The highest BCUT2D eigenvalue weighted by Crippen LogP contribution is 2.27. The minimum atomic E-state index is -4.06. The topological polar surface area (TPSA) is 93.7 Å². The van der Waals surface area contributed by atoms with E-state index >= 15 is 0 Å². The van der Waals surface area contributed by atoms with Gasteiger partial charge in [0.25, 0.3) is 0 Å². The zero-order valence-corrected chi connectivity index (χ0v) is 20.7. The van der Waals surface area contributed by atoms with Crippen molar-refractivity contribution in [2.75, 3.05) is 14.2 Å². The Morgan fingerprint density at radius 2 is 1.59 bits per heavy atom. The van der Waals surface area contributed by atoms with Crippen LogP contribution in [-0.4, -0.2) is 34.6 Å². The maximum Gasteiger partial charge on any atom is 0.241 e. The standard InChI is InChI=1S/C25H27ClN2O5S/c1-17(20-11-7-8-12-23(20)32-2)27-25(29)22(15-18-9-5-4-6-10-18)28-34(30,31)19-13-14-24(33-3)21(26)16-19/h4-14,16-17,22,28H,15H2,1-3H3,(H,27,29)/t17-,22+/m0/s1. The molecule has 180 valence electrons. The number of para-hydroxylation sites is 1. The van der Waals surface area contributed by atoms with E-state index in [9.17, 15) is 13.2 Å². The first-order chi connectivity index (χ1) is 16.2. The molecule has 0 fully saturated rings. The fourth-order valence-corrected chi connectivity index (χ4v) is 5.07. The van der Waals surface area contributed by atoms with E-state index < -0.39 is 28.0 Å². The van der Waals surface area contributed by atoms with Crippen LogP contribution in [0.5, 0.6) is 11.5 Å². The van der Waals surface area contributed by atoms with Crippen molar-refractivity contribution in [1.82, 2.24) is 10.0 Å². The average Bonchev–Trinajstić information content (AvgIpc) is 2.84. The molecule has 0 radical (unpaired) electrons. The molecule has 3 rings (SSSR count). The second kappa shape index (κ2) is 11.4. The van der Waals surface area contributed by atoms with Crippen LogP contribution in [0, 0.1) is 0 Å². The number of ether oxygens (including phenoxy) is 2. The number of carbonyl (C=O) groups excluding carboxylic acids is 1. The van der Waals surface area contributed by atoms with Crippen molar-refractivity contribution in [2.45, 2.75) is 30.3 Å². The minimum absolute atomic E-state index is 0.0676. The summed E-state index contributed by atoms with van der Waals surface area (Å²) in [4.78, 5) is 13.2. The molecule has 0 saturated heterocycles. The van der Waals surface area contributed by atoms with E-state index in [4.69, 9.17) is 21.1 Å². The van der Waals surface area contributed by atoms with E-state index in [-0.39, 0.29) is 16.3 Å². The van der Waals surface area contributed by atoms with E-state index in [0.717, 1.165) is 11.1 Å². The number of methoxy groups -OCH3 is 2. The second-order valence-corrected chi connectivity index (χ2v) is 9.75. The fraction of sp³-hybridized carbons (Fsp3) is 0.240. The van der Waals surface area contributed by atoms with Crippen LogP contribution >= 0.6 is 11.6 Å². The molecule has 0 aliphatic heterocycles. The van der Waals surface area contributed by atoms with Crippen molar-refractivity contribution < 1.29 is 22.7 Å². The predicted octanol–water partition coefficient (Wildman–Crippen LogP) is 4.12. The summed E-state index contributed by atoms with van der Waals surface area (Å²) in [6.45, 7) is 1.81. The molecule has 7 nitrogen and oxygen atoms in total. The summed E-state index contributed by atoms with van der Waals surface area (Å²) in [5.74, 6) is 0.513. The molecule has 0 unspecified atom stereocenters. The molecule has 0 aromatic heterocycles. The Kier molecular flexibility index (Phi) is 8.55. The Labute approximate surface area is 205 Å². The van der Waals surface area contributed by atoms with Crippen molar-refractivity contribution in [1.29, 1.82) is 0 Å². The van der Waals surface area contributed by atoms with Gasteiger partial charge in [-0.2, -0.15) is 4.72 Å². The van der Waals surface area contributed by atoms with Gasteiger partial charge in [-0.05, 0) is 43.2 Å². The van der Waals surface area contributed by atoms with Crippen molar-refractivity contribution in [3.05, 3.63) is 88.9 Å². The lowest BCUT2D eigenvalue weighted by atomic mass is 10.0. The highest BCUT2D eigenvalue weighted by molar-refractivity contribution is 7.89. The van der Waals surface area contributed by atoms with Gasteiger partial charge in [0.2, 0.25) is 15.9 Å². The summed E-state index contributed by atoms with van der Waals surface area (Å²) in [5.41, 5.74) is 1.59. The molecule has 2 N–H and O–H groups in total. The molecule has 3 aromatic carbocycles. The Morgan fingerprint density at radius 3 is 2.24 bits per heavy atom. The normalized spacial score (nSPS) is 13.1. The lowest BCUT2D eigenvalue weighted by Gasteiger charge is -2.23. The molecule has 3 aromatic rings. The Morgan fingerprint density at radius 1 is 0.941 bits per heavy atom. The first-order valence-electron chi connectivity index (χ1n) is 10.6. The van der Waals surface area contributed by atoms with Gasteiger partial charge >= 0.3 is 0 Å². The van der Waals surface area contributed by atoms with Crippen LogP contribution in [0.2, 0.25) is 5.02 Å². The Balaban J connectivity index is 1.87. The summed E-state index contributed by atoms with van der Waals surface area (Å²) in [6.07, 6.45) is 0.161. The van der Waals surface area contributed by atoms with Crippen LogP contribution in [0.25, 0.3) is 0 Å². The molecule has 0 heterocycles. The molecule has 34 heavy (non-hydrogen) atoms. The highest BCUT2D eigenvalue weighted by Gasteiger charge is 2.28. The van der Waals surface area contributed by atoms with E-state index in [0.29, 0.717) is 11.5 Å². The smallest absolute Gasteiger partial charge is 0.241 e. The minimum Gasteiger partial charge on any atom is -0.496 e.